The van der Waals surface area contributed by atoms with Crippen LogP contribution in [0.25, 0.3) is 0 Å². The van der Waals surface area contributed by atoms with Gasteiger partial charge in [-0.25, -0.2) is 0 Å². The number of hydrogen-bond donors (Lipinski definition) is 1. The minimum Gasteiger partial charge on any atom is -0.406 e. The first-order valence-electron chi connectivity index (χ1n) is 7.34. The molecular weight excluding hydrogens is 326 g/mol. The van der Waals surface area contributed by atoms with Crippen LogP contribution in [-0.4, -0.2) is 30.6 Å². The SMILES string of the molecule is CC(=O)Nc1cc(OC(F)(F)F)ccc1B1OC(C)(C)C(C)(C)O1. The van der Waals surface area contributed by atoms with E-state index >= 15 is 0 Å². The number of carbonyl (C=O) groups is 1. The molecule has 0 unspecified atom stereocenters. The lowest BCUT2D eigenvalue weighted by Gasteiger charge is -2.32. The summed E-state index contributed by atoms with van der Waals surface area (Å²) in [5.41, 5.74) is -0.681. The Morgan fingerprint density at radius 2 is 1.71 bits per heavy atom. The van der Waals surface area contributed by atoms with Gasteiger partial charge in [0.05, 0.1) is 11.2 Å². The van der Waals surface area contributed by atoms with Gasteiger partial charge in [-0.2, -0.15) is 0 Å². The molecule has 132 valence electrons. The molecule has 1 amide bonds. The van der Waals surface area contributed by atoms with Crippen LogP contribution in [0.4, 0.5) is 18.9 Å². The van der Waals surface area contributed by atoms with Crippen LogP contribution in [0.2, 0.25) is 0 Å². The highest BCUT2D eigenvalue weighted by Crippen LogP contribution is 2.37. The highest BCUT2D eigenvalue weighted by Gasteiger charge is 2.52. The summed E-state index contributed by atoms with van der Waals surface area (Å²) in [6.45, 7) is 8.67. The molecule has 1 aromatic carbocycles. The van der Waals surface area contributed by atoms with Gasteiger partial charge in [0.1, 0.15) is 5.75 Å². The van der Waals surface area contributed by atoms with E-state index in [9.17, 15) is 18.0 Å². The summed E-state index contributed by atoms with van der Waals surface area (Å²) in [6.07, 6.45) is -4.82. The first-order chi connectivity index (χ1) is 10.8. The summed E-state index contributed by atoms with van der Waals surface area (Å²) in [5, 5.41) is 2.48. The monoisotopic (exact) mass is 345 g/mol. The molecule has 0 aliphatic carbocycles. The van der Waals surface area contributed by atoms with Gasteiger partial charge >= 0.3 is 13.5 Å². The molecule has 0 aromatic heterocycles. The molecule has 1 aliphatic rings. The van der Waals surface area contributed by atoms with Crippen LogP contribution in [0, 0.1) is 0 Å². The third-order valence-corrected chi connectivity index (χ3v) is 4.08. The number of ether oxygens (including phenoxy) is 1. The highest BCUT2D eigenvalue weighted by atomic mass is 19.4. The predicted molar refractivity (Wildman–Crippen MR) is 83.1 cm³/mol. The molecule has 9 heteroatoms. The Balaban J connectivity index is 2.37. The molecule has 1 aromatic rings. The van der Waals surface area contributed by atoms with Crippen molar-refractivity contribution in [3.63, 3.8) is 0 Å². The number of rotatable bonds is 3. The summed E-state index contributed by atoms with van der Waals surface area (Å²) >= 11 is 0. The van der Waals surface area contributed by atoms with Crippen molar-refractivity contribution in [2.75, 3.05) is 5.32 Å². The fourth-order valence-electron chi connectivity index (χ4n) is 2.21. The largest absolute Gasteiger partial charge is 0.573 e. The average Bonchev–Trinajstić information content (AvgIpc) is 2.55. The topological polar surface area (TPSA) is 56.8 Å². The van der Waals surface area contributed by atoms with Gasteiger partial charge in [0.2, 0.25) is 5.91 Å². The fourth-order valence-corrected chi connectivity index (χ4v) is 2.21. The van der Waals surface area contributed by atoms with E-state index in [1.54, 1.807) is 0 Å². The van der Waals surface area contributed by atoms with Crippen molar-refractivity contribution >= 4 is 24.2 Å². The van der Waals surface area contributed by atoms with Crippen LogP contribution in [0.15, 0.2) is 18.2 Å². The molecule has 5 nitrogen and oxygen atoms in total. The van der Waals surface area contributed by atoms with Gasteiger partial charge in [0, 0.05) is 24.1 Å². The van der Waals surface area contributed by atoms with Gasteiger partial charge in [-0.15, -0.1) is 13.2 Å². The number of alkyl halides is 3. The molecule has 1 aliphatic heterocycles. The lowest BCUT2D eigenvalue weighted by Crippen LogP contribution is -2.41. The second-order valence-corrected chi connectivity index (χ2v) is 6.57. The van der Waals surface area contributed by atoms with E-state index in [0.29, 0.717) is 5.46 Å². The zero-order valence-electron chi connectivity index (χ0n) is 14.1. The Kier molecular flexibility index (Phi) is 4.62. The Morgan fingerprint density at radius 1 is 1.17 bits per heavy atom. The van der Waals surface area contributed by atoms with E-state index in [1.165, 1.54) is 13.0 Å². The van der Waals surface area contributed by atoms with E-state index in [2.05, 4.69) is 10.1 Å². The number of anilines is 1. The van der Waals surface area contributed by atoms with Crippen molar-refractivity contribution in [1.29, 1.82) is 0 Å². The zero-order valence-corrected chi connectivity index (χ0v) is 14.1. The van der Waals surface area contributed by atoms with Crippen LogP contribution in [0.5, 0.6) is 5.75 Å². The van der Waals surface area contributed by atoms with Crippen molar-refractivity contribution in [3.05, 3.63) is 18.2 Å². The Hall–Kier alpha value is -1.74. The van der Waals surface area contributed by atoms with Gasteiger partial charge in [-0.3, -0.25) is 4.79 Å². The third kappa shape index (κ3) is 4.02. The van der Waals surface area contributed by atoms with Gasteiger partial charge in [-0.05, 0) is 33.8 Å². The second kappa shape index (κ2) is 5.96. The van der Waals surface area contributed by atoms with Crippen molar-refractivity contribution in [1.82, 2.24) is 0 Å². The van der Waals surface area contributed by atoms with E-state index in [-0.39, 0.29) is 5.69 Å². The van der Waals surface area contributed by atoms with Crippen molar-refractivity contribution in [3.8, 4) is 5.75 Å². The minimum absolute atomic E-state index is 0.141. The normalized spacial score (nSPS) is 19.2. The van der Waals surface area contributed by atoms with Crippen LogP contribution < -0.4 is 15.5 Å². The van der Waals surface area contributed by atoms with Gasteiger partial charge in [-0.1, -0.05) is 6.07 Å². The average molecular weight is 345 g/mol. The molecule has 2 rings (SSSR count). The smallest absolute Gasteiger partial charge is 0.406 e. The van der Waals surface area contributed by atoms with Gasteiger partial charge in [0.15, 0.2) is 0 Å². The maximum atomic E-state index is 12.4. The summed E-state index contributed by atoms with van der Waals surface area (Å²) in [6, 6.07) is 3.63. The molecule has 0 atom stereocenters. The van der Waals surface area contributed by atoms with E-state index in [0.717, 1.165) is 12.1 Å². The van der Waals surface area contributed by atoms with Crippen LogP contribution in [-0.2, 0) is 14.1 Å². The maximum Gasteiger partial charge on any atom is 0.573 e. The van der Waals surface area contributed by atoms with Gasteiger partial charge in [0.25, 0.3) is 0 Å². The lowest BCUT2D eigenvalue weighted by molar-refractivity contribution is -0.274. The van der Waals surface area contributed by atoms with E-state index in [4.69, 9.17) is 9.31 Å². The molecule has 1 N–H and O–H groups in total. The standard InChI is InChI=1S/C15H19BF3NO4/c1-9(21)20-12-8-10(22-15(17,18)19)6-7-11(12)16-23-13(2,3)14(4,5)24-16/h6-8H,1-5H3,(H,20,21). The summed E-state index contributed by atoms with van der Waals surface area (Å²) in [4.78, 5) is 11.4. The zero-order chi connectivity index (χ0) is 18.3. The molecular formula is C15H19BF3NO4. The van der Waals surface area contributed by atoms with Crippen molar-refractivity contribution in [2.45, 2.75) is 52.2 Å². The number of nitrogens with one attached hydrogen (secondary N) is 1. The lowest BCUT2D eigenvalue weighted by atomic mass is 9.77. The Morgan fingerprint density at radius 3 is 2.17 bits per heavy atom. The number of benzene rings is 1. The van der Waals surface area contributed by atoms with Crippen LogP contribution >= 0.6 is 0 Å². The summed E-state index contributed by atoms with van der Waals surface area (Å²) in [5.74, 6) is -0.872. The number of amides is 1. The Bertz CT molecular complexity index is 630. The van der Waals surface area contributed by atoms with E-state index < -0.39 is 36.3 Å². The first kappa shape index (κ1) is 18.6. The molecule has 1 fully saturated rings. The van der Waals surface area contributed by atoms with Crippen molar-refractivity contribution < 1.29 is 32.0 Å². The second-order valence-electron chi connectivity index (χ2n) is 6.57. The molecule has 1 heterocycles. The third-order valence-electron chi connectivity index (χ3n) is 4.08. The fraction of sp³-hybridized carbons (Fsp3) is 0.533. The molecule has 0 radical (unpaired) electrons. The molecule has 0 saturated carbocycles. The number of hydrogen-bond acceptors (Lipinski definition) is 4. The van der Waals surface area contributed by atoms with Gasteiger partial charge < -0.3 is 19.4 Å². The summed E-state index contributed by atoms with van der Waals surface area (Å²) < 4.78 is 52.8. The molecule has 0 bridgehead atoms. The minimum atomic E-state index is -4.82. The predicted octanol–water partition coefficient (Wildman–Crippen LogP) is 2.84. The first-order valence-corrected chi connectivity index (χ1v) is 7.34. The van der Waals surface area contributed by atoms with E-state index in [1.807, 2.05) is 27.7 Å². The number of halogens is 3. The number of carbonyl (C=O) groups excluding carboxylic acids is 1. The Labute approximate surface area is 138 Å². The highest BCUT2D eigenvalue weighted by molar-refractivity contribution is 6.64. The maximum absolute atomic E-state index is 12.4. The molecule has 24 heavy (non-hydrogen) atoms. The molecule has 0 spiro atoms. The van der Waals surface area contributed by atoms with Crippen LogP contribution in [0.1, 0.15) is 34.6 Å². The quantitative estimate of drug-likeness (QED) is 0.856. The van der Waals surface area contributed by atoms with Crippen LogP contribution in [0.3, 0.4) is 0 Å². The molecule has 1 saturated heterocycles. The van der Waals surface area contributed by atoms with Crippen molar-refractivity contribution in [2.24, 2.45) is 0 Å². The summed E-state index contributed by atoms with van der Waals surface area (Å²) in [7, 11) is -0.822.